The molecule has 2 unspecified atom stereocenters. The molecule has 0 saturated carbocycles. The van der Waals surface area contributed by atoms with E-state index in [0.717, 1.165) is 19.3 Å². The fourth-order valence-corrected chi connectivity index (χ4v) is 2.73. The van der Waals surface area contributed by atoms with Crippen LogP contribution < -0.4 is 0 Å². The van der Waals surface area contributed by atoms with Gasteiger partial charge in [-0.2, -0.15) is 5.26 Å². The van der Waals surface area contributed by atoms with Gasteiger partial charge in [-0.1, -0.05) is 0 Å². The van der Waals surface area contributed by atoms with Crippen molar-refractivity contribution in [1.29, 1.82) is 5.26 Å². The molecular weight excluding hydrogens is 228 g/mol. The number of ether oxygens (including phenoxy) is 1. The van der Waals surface area contributed by atoms with Gasteiger partial charge in [-0.05, 0) is 26.2 Å². The van der Waals surface area contributed by atoms with Crippen molar-refractivity contribution in [1.82, 2.24) is 4.31 Å². The Morgan fingerprint density at radius 1 is 1.56 bits per heavy atom. The molecule has 92 valence electrons. The second-order valence-electron chi connectivity index (χ2n) is 4.09. The summed E-state index contributed by atoms with van der Waals surface area (Å²) in [4.78, 5) is 0. The lowest BCUT2D eigenvalue weighted by Gasteiger charge is -2.27. The maximum Gasteiger partial charge on any atom is 0.230 e. The number of sulfonamides is 1. The van der Waals surface area contributed by atoms with Gasteiger partial charge in [0.05, 0.1) is 12.2 Å². The van der Waals surface area contributed by atoms with Crippen LogP contribution in [-0.4, -0.2) is 44.3 Å². The van der Waals surface area contributed by atoms with E-state index in [2.05, 4.69) is 0 Å². The predicted molar refractivity (Wildman–Crippen MR) is 60.2 cm³/mol. The lowest BCUT2D eigenvalue weighted by atomic mass is 10.1. The zero-order valence-electron chi connectivity index (χ0n) is 9.72. The van der Waals surface area contributed by atoms with Crippen molar-refractivity contribution in [3.05, 3.63) is 0 Å². The number of rotatable bonds is 4. The Bertz CT molecular complexity index is 355. The Balaban J connectivity index is 2.57. The Morgan fingerprint density at radius 3 is 2.75 bits per heavy atom. The monoisotopic (exact) mass is 246 g/mol. The van der Waals surface area contributed by atoms with Crippen LogP contribution >= 0.6 is 0 Å². The van der Waals surface area contributed by atoms with Gasteiger partial charge in [0, 0.05) is 20.2 Å². The zero-order chi connectivity index (χ0) is 12.2. The van der Waals surface area contributed by atoms with Crippen molar-refractivity contribution in [2.75, 3.05) is 20.2 Å². The fraction of sp³-hybridized carbons (Fsp3) is 0.900. The summed E-state index contributed by atoms with van der Waals surface area (Å²) in [5, 5.41) is 7.64. The molecule has 1 fully saturated rings. The summed E-state index contributed by atoms with van der Waals surface area (Å²) >= 11 is 0. The molecule has 0 amide bonds. The summed E-state index contributed by atoms with van der Waals surface area (Å²) in [6, 6.07) is 1.75. The minimum absolute atomic E-state index is 0.0283. The lowest BCUT2D eigenvalue weighted by Crippen LogP contribution is -2.40. The topological polar surface area (TPSA) is 70.4 Å². The highest BCUT2D eigenvalue weighted by molar-refractivity contribution is 7.89. The Hall–Kier alpha value is -0.640. The van der Waals surface area contributed by atoms with Crippen molar-refractivity contribution < 1.29 is 13.2 Å². The number of likely N-dealkylation sites (N-methyl/N-ethyl adjacent to an activating group) is 1. The average Bonchev–Trinajstić information content (AvgIpc) is 2.29. The largest absolute Gasteiger partial charge is 0.377 e. The molecule has 6 heteroatoms. The number of nitriles is 1. The first-order chi connectivity index (χ1) is 7.48. The quantitative estimate of drug-likeness (QED) is 0.733. The van der Waals surface area contributed by atoms with E-state index in [1.165, 1.54) is 18.3 Å². The van der Waals surface area contributed by atoms with Crippen LogP contribution in [0.2, 0.25) is 0 Å². The minimum Gasteiger partial charge on any atom is -0.377 e. The molecule has 1 aliphatic rings. The number of hydrogen-bond acceptors (Lipinski definition) is 4. The van der Waals surface area contributed by atoms with Crippen LogP contribution in [0.5, 0.6) is 0 Å². The molecule has 0 aliphatic carbocycles. The molecule has 16 heavy (non-hydrogen) atoms. The Kier molecular flexibility index (Phi) is 4.71. The summed E-state index contributed by atoms with van der Waals surface area (Å²) in [5.41, 5.74) is 0. The van der Waals surface area contributed by atoms with Gasteiger partial charge >= 0.3 is 0 Å². The normalized spacial score (nSPS) is 24.0. The van der Waals surface area contributed by atoms with Crippen molar-refractivity contribution in [3.63, 3.8) is 0 Å². The molecule has 2 atom stereocenters. The first kappa shape index (κ1) is 13.4. The van der Waals surface area contributed by atoms with E-state index in [4.69, 9.17) is 10.00 Å². The maximum absolute atomic E-state index is 11.8. The third kappa shape index (κ3) is 3.17. The Morgan fingerprint density at radius 2 is 2.25 bits per heavy atom. The second-order valence-corrected chi connectivity index (χ2v) is 6.45. The van der Waals surface area contributed by atoms with E-state index in [1.807, 2.05) is 0 Å². The SMILES string of the molecule is CC(C#N)S(=O)(=O)N(C)CC1CCCCO1. The molecule has 1 heterocycles. The average molecular weight is 246 g/mol. The summed E-state index contributed by atoms with van der Waals surface area (Å²) < 4.78 is 30.3. The van der Waals surface area contributed by atoms with E-state index in [9.17, 15) is 8.42 Å². The third-order valence-electron chi connectivity index (χ3n) is 2.80. The van der Waals surface area contributed by atoms with Crippen LogP contribution in [0.15, 0.2) is 0 Å². The summed E-state index contributed by atoms with van der Waals surface area (Å²) in [5.74, 6) is 0. The van der Waals surface area contributed by atoms with Gasteiger partial charge in [-0.15, -0.1) is 0 Å². The molecule has 0 N–H and O–H groups in total. The predicted octanol–water partition coefficient (Wildman–Crippen LogP) is 0.729. The van der Waals surface area contributed by atoms with Gasteiger partial charge < -0.3 is 4.74 Å². The minimum atomic E-state index is -3.50. The van der Waals surface area contributed by atoms with Crippen molar-refractivity contribution >= 4 is 10.0 Å². The molecule has 0 radical (unpaired) electrons. The molecule has 1 saturated heterocycles. The van der Waals surface area contributed by atoms with Gasteiger partial charge in [-0.3, -0.25) is 0 Å². The van der Waals surface area contributed by atoms with E-state index < -0.39 is 15.3 Å². The summed E-state index contributed by atoms with van der Waals surface area (Å²) in [7, 11) is -2.00. The van der Waals surface area contributed by atoms with Crippen LogP contribution in [0.1, 0.15) is 26.2 Å². The molecule has 1 rings (SSSR count). The first-order valence-electron chi connectivity index (χ1n) is 5.45. The van der Waals surface area contributed by atoms with Gasteiger partial charge in [0.15, 0.2) is 5.25 Å². The van der Waals surface area contributed by atoms with Crippen LogP contribution in [0, 0.1) is 11.3 Å². The van der Waals surface area contributed by atoms with E-state index in [1.54, 1.807) is 6.07 Å². The summed E-state index contributed by atoms with van der Waals surface area (Å²) in [6.45, 7) is 2.44. The van der Waals surface area contributed by atoms with Crippen molar-refractivity contribution in [3.8, 4) is 6.07 Å². The zero-order valence-corrected chi connectivity index (χ0v) is 10.5. The third-order valence-corrected chi connectivity index (χ3v) is 4.81. The molecule has 0 spiro atoms. The Labute approximate surface area is 97.0 Å². The van der Waals surface area contributed by atoms with Gasteiger partial charge in [-0.25, -0.2) is 12.7 Å². The highest BCUT2D eigenvalue weighted by Crippen LogP contribution is 2.15. The molecular formula is C10H18N2O3S. The molecule has 5 nitrogen and oxygen atoms in total. The van der Waals surface area contributed by atoms with Crippen LogP contribution in [-0.2, 0) is 14.8 Å². The molecule has 1 aliphatic heterocycles. The molecule has 0 bridgehead atoms. The van der Waals surface area contributed by atoms with Crippen LogP contribution in [0.25, 0.3) is 0 Å². The summed E-state index contributed by atoms with van der Waals surface area (Å²) in [6.07, 6.45) is 2.98. The van der Waals surface area contributed by atoms with E-state index >= 15 is 0 Å². The standard InChI is InChI=1S/C10H18N2O3S/c1-9(7-11)16(13,14)12(2)8-10-5-3-4-6-15-10/h9-10H,3-6,8H2,1-2H3. The van der Waals surface area contributed by atoms with E-state index in [-0.39, 0.29) is 6.10 Å². The smallest absolute Gasteiger partial charge is 0.230 e. The molecule has 0 aromatic rings. The number of nitrogens with zero attached hydrogens (tertiary/aromatic N) is 2. The van der Waals surface area contributed by atoms with Crippen LogP contribution in [0.3, 0.4) is 0 Å². The molecule has 0 aromatic carbocycles. The van der Waals surface area contributed by atoms with Crippen molar-refractivity contribution in [2.45, 2.75) is 37.5 Å². The van der Waals surface area contributed by atoms with Crippen LogP contribution in [0.4, 0.5) is 0 Å². The first-order valence-corrected chi connectivity index (χ1v) is 6.95. The van der Waals surface area contributed by atoms with E-state index in [0.29, 0.717) is 13.2 Å². The fourth-order valence-electron chi connectivity index (χ4n) is 1.68. The van der Waals surface area contributed by atoms with Gasteiger partial charge in [0.2, 0.25) is 10.0 Å². The lowest BCUT2D eigenvalue weighted by molar-refractivity contribution is 0.00855. The molecule has 0 aromatic heterocycles. The van der Waals surface area contributed by atoms with Crippen molar-refractivity contribution in [2.24, 2.45) is 0 Å². The number of hydrogen-bond donors (Lipinski definition) is 0. The second kappa shape index (κ2) is 5.62. The highest BCUT2D eigenvalue weighted by Gasteiger charge is 2.28. The van der Waals surface area contributed by atoms with Gasteiger partial charge in [0.1, 0.15) is 0 Å². The highest BCUT2D eigenvalue weighted by atomic mass is 32.2. The maximum atomic E-state index is 11.8. The van der Waals surface area contributed by atoms with Gasteiger partial charge in [0.25, 0.3) is 0 Å².